The molecule has 1 atom stereocenters. The average Bonchev–Trinajstić information content (AvgIpc) is 2.55. The van der Waals surface area contributed by atoms with E-state index in [0.717, 1.165) is 0 Å². The third-order valence-electron chi connectivity index (χ3n) is 3.79. The smallest absolute Gasteiger partial charge is 0.431 e. The molecule has 0 saturated carbocycles. The van der Waals surface area contributed by atoms with Gasteiger partial charge in [-0.15, -0.1) is 0 Å². The number of hydrogen-bond donors (Lipinski definition) is 0. The van der Waals surface area contributed by atoms with Gasteiger partial charge < -0.3 is 23.7 Å². The molecule has 0 amide bonds. The van der Waals surface area contributed by atoms with Crippen LogP contribution in [-0.2, 0) is 28.5 Å². The van der Waals surface area contributed by atoms with Crippen molar-refractivity contribution in [2.24, 2.45) is 5.92 Å². The van der Waals surface area contributed by atoms with Crippen molar-refractivity contribution >= 4 is 12.1 Å². The number of rotatable bonds is 5. The Bertz CT molecular complexity index is 359. The molecule has 2 rings (SSSR count). The van der Waals surface area contributed by atoms with E-state index >= 15 is 0 Å². The summed E-state index contributed by atoms with van der Waals surface area (Å²) in [5.41, 5.74) is 0. The van der Waals surface area contributed by atoms with Gasteiger partial charge in [0.05, 0.1) is 19.1 Å². The van der Waals surface area contributed by atoms with E-state index in [0.29, 0.717) is 58.5 Å². The molecule has 0 bridgehead atoms. The lowest BCUT2D eigenvalue weighted by Crippen LogP contribution is -2.32. The Balaban J connectivity index is 1.73. The summed E-state index contributed by atoms with van der Waals surface area (Å²) in [5, 5.41) is 0. The van der Waals surface area contributed by atoms with Gasteiger partial charge in [0.15, 0.2) is 0 Å². The summed E-state index contributed by atoms with van der Waals surface area (Å²) in [5.74, 6) is -0.521. The number of hydrogen-bond acceptors (Lipinski definition) is 7. The molecule has 2 saturated heterocycles. The predicted molar refractivity (Wildman–Crippen MR) is 75.1 cm³/mol. The summed E-state index contributed by atoms with van der Waals surface area (Å²) in [4.78, 5) is 23.8. The molecule has 0 aromatic rings. The summed E-state index contributed by atoms with van der Waals surface area (Å²) in [6, 6.07) is 0. The van der Waals surface area contributed by atoms with Crippen LogP contribution in [0.25, 0.3) is 0 Å². The lowest BCUT2D eigenvalue weighted by molar-refractivity contribution is -0.180. The van der Waals surface area contributed by atoms with Crippen LogP contribution in [0.3, 0.4) is 0 Å². The summed E-state index contributed by atoms with van der Waals surface area (Å²) < 4.78 is 25.9. The topological polar surface area (TPSA) is 80.3 Å². The standard InChI is InChI=1S/C15H24O7/c1-2-13(21-14(16)11-3-7-18-8-4-11)22-15(17)20-12-5-9-19-10-6-12/h11-13H,2-10H2,1H3. The monoisotopic (exact) mass is 316 g/mol. The minimum Gasteiger partial charge on any atom is -0.431 e. The molecule has 1 unspecified atom stereocenters. The highest BCUT2D eigenvalue weighted by Crippen LogP contribution is 2.18. The van der Waals surface area contributed by atoms with E-state index in [9.17, 15) is 9.59 Å². The SMILES string of the molecule is CCC(OC(=O)OC1CCOCC1)OC(=O)C1CCOCC1. The van der Waals surface area contributed by atoms with Gasteiger partial charge in [-0.05, 0) is 12.8 Å². The Morgan fingerprint density at radius 3 is 2.18 bits per heavy atom. The predicted octanol–water partition coefficient (Wildman–Crippen LogP) is 2.02. The van der Waals surface area contributed by atoms with Crippen LogP contribution >= 0.6 is 0 Å². The third-order valence-corrected chi connectivity index (χ3v) is 3.79. The molecule has 22 heavy (non-hydrogen) atoms. The Hall–Kier alpha value is -1.34. The van der Waals surface area contributed by atoms with Gasteiger partial charge in [-0.2, -0.15) is 0 Å². The summed E-state index contributed by atoms with van der Waals surface area (Å²) in [7, 11) is 0. The van der Waals surface area contributed by atoms with Gasteiger partial charge in [-0.3, -0.25) is 4.79 Å². The maximum atomic E-state index is 12.0. The highest BCUT2D eigenvalue weighted by atomic mass is 16.8. The second-order valence-electron chi connectivity index (χ2n) is 5.46. The first-order valence-electron chi connectivity index (χ1n) is 7.92. The van der Waals surface area contributed by atoms with Gasteiger partial charge >= 0.3 is 12.1 Å². The van der Waals surface area contributed by atoms with Gasteiger partial charge in [0, 0.05) is 32.5 Å². The van der Waals surface area contributed by atoms with E-state index in [-0.39, 0.29) is 18.0 Å². The fraction of sp³-hybridized carbons (Fsp3) is 0.867. The maximum absolute atomic E-state index is 12.0. The molecule has 2 aliphatic heterocycles. The van der Waals surface area contributed by atoms with Crippen molar-refractivity contribution in [1.29, 1.82) is 0 Å². The van der Waals surface area contributed by atoms with Crippen LogP contribution in [0, 0.1) is 5.92 Å². The van der Waals surface area contributed by atoms with Gasteiger partial charge in [-0.1, -0.05) is 6.92 Å². The molecule has 2 aliphatic rings. The fourth-order valence-corrected chi connectivity index (χ4v) is 2.41. The van der Waals surface area contributed by atoms with Crippen molar-refractivity contribution < 1.29 is 33.3 Å². The van der Waals surface area contributed by atoms with Crippen molar-refractivity contribution in [3.63, 3.8) is 0 Å². The average molecular weight is 316 g/mol. The minimum absolute atomic E-state index is 0.182. The highest BCUT2D eigenvalue weighted by Gasteiger charge is 2.28. The fourth-order valence-electron chi connectivity index (χ4n) is 2.41. The van der Waals surface area contributed by atoms with Crippen LogP contribution in [-0.4, -0.2) is 50.9 Å². The van der Waals surface area contributed by atoms with Crippen LogP contribution < -0.4 is 0 Å². The zero-order valence-corrected chi connectivity index (χ0v) is 13.0. The van der Waals surface area contributed by atoms with E-state index in [2.05, 4.69) is 0 Å². The van der Waals surface area contributed by atoms with Crippen LogP contribution in [0.1, 0.15) is 39.0 Å². The lowest BCUT2D eigenvalue weighted by Gasteiger charge is -2.25. The molecular formula is C15H24O7. The van der Waals surface area contributed by atoms with Crippen LogP contribution in [0.2, 0.25) is 0 Å². The molecule has 7 heteroatoms. The van der Waals surface area contributed by atoms with Gasteiger partial charge in [0.2, 0.25) is 0 Å². The van der Waals surface area contributed by atoms with Crippen LogP contribution in [0.5, 0.6) is 0 Å². The maximum Gasteiger partial charge on any atom is 0.511 e. The molecular weight excluding hydrogens is 292 g/mol. The molecule has 126 valence electrons. The Morgan fingerprint density at radius 1 is 1.00 bits per heavy atom. The van der Waals surface area contributed by atoms with Crippen molar-refractivity contribution in [3.05, 3.63) is 0 Å². The molecule has 0 aliphatic carbocycles. The van der Waals surface area contributed by atoms with Gasteiger partial charge in [0.1, 0.15) is 6.10 Å². The first-order chi connectivity index (χ1) is 10.7. The lowest BCUT2D eigenvalue weighted by atomic mass is 10.0. The van der Waals surface area contributed by atoms with E-state index in [1.54, 1.807) is 6.92 Å². The summed E-state index contributed by atoms with van der Waals surface area (Å²) >= 11 is 0. The zero-order chi connectivity index (χ0) is 15.8. The highest BCUT2D eigenvalue weighted by molar-refractivity contribution is 5.72. The number of carbonyl (C=O) groups is 2. The quantitative estimate of drug-likeness (QED) is 0.567. The first kappa shape index (κ1) is 17.0. The summed E-state index contributed by atoms with van der Waals surface area (Å²) in [6.07, 6.45) is 1.11. The van der Waals surface area contributed by atoms with Crippen molar-refractivity contribution in [2.45, 2.75) is 51.4 Å². The zero-order valence-electron chi connectivity index (χ0n) is 13.0. The number of carbonyl (C=O) groups excluding carboxylic acids is 2. The first-order valence-corrected chi connectivity index (χ1v) is 7.92. The third kappa shape index (κ3) is 5.46. The van der Waals surface area contributed by atoms with Crippen LogP contribution in [0.15, 0.2) is 0 Å². The second-order valence-corrected chi connectivity index (χ2v) is 5.46. The molecule has 0 radical (unpaired) electrons. The Morgan fingerprint density at radius 2 is 1.59 bits per heavy atom. The summed E-state index contributed by atoms with van der Waals surface area (Å²) in [6.45, 7) is 4.05. The Labute approximate surface area is 130 Å². The van der Waals surface area contributed by atoms with Crippen LogP contribution in [0.4, 0.5) is 4.79 Å². The van der Waals surface area contributed by atoms with E-state index in [1.165, 1.54) is 0 Å². The van der Waals surface area contributed by atoms with Crippen molar-refractivity contribution in [1.82, 2.24) is 0 Å². The molecule has 0 spiro atoms. The molecule has 2 heterocycles. The van der Waals surface area contributed by atoms with E-state index in [1.807, 2.05) is 0 Å². The van der Waals surface area contributed by atoms with E-state index in [4.69, 9.17) is 23.7 Å². The molecule has 7 nitrogen and oxygen atoms in total. The largest absolute Gasteiger partial charge is 0.511 e. The van der Waals surface area contributed by atoms with Crippen molar-refractivity contribution in [3.8, 4) is 0 Å². The molecule has 0 N–H and O–H groups in total. The van der Waals surface area contributed by atoms with Gasteiger partial charge in [0.25, 0.3) is 6.29 Å². The number of esters is 1. The molecule has 0 aromatic heterocycles. The minimum atomic E-state index is -0.900. The van der Waals surface area contributed by atoms with Crippen molar-refractivity contribution in [2.75, 3.05) is 26.4 Å². The number of ether oxygens (including phenoxy) is 5. The molecule has 0 aromatic carbocycles. The molecule has 2 fully saturated rings. The Kier molecular flexibility index (Phi) is 6.92. The normalized spacial score (nSPS) is 21.9. The van der Waals surface area contributed by atoms with E-state index < -0.39 is 12.4 Å². The second kappa shape index (κ2) is 8.95. The van der Waals surface area contributed by atoms with Gasteiger partial charge in [-0.25, -0.2) is 4.79 Å².